The summed E-state index contributed by atoms with van der Waals surface area (Å²) in [6, 6.07) is 14.5. The third-order valence-corrected chi connectivity index (χ3v) is 5.82. The molecule has 0 aliphatic carbocycles. The van der Waals surface area contributed by atoms with Crippen molar-refractivity contribution in [2.24, 2.45) is 0 Å². The van der Waals surface area contributed by atoms with E-state index in [1.165, 1.54) is 0 Å². The zero-order chi connectivity index (χ0) is 23.3. The van der Waals surface area contributed by atoms with Crippen molar-refractivity contribution in [1.82, 2.24) is 0 Å². The van der Waals surface area contributed by atoms with E-state index in [4.69, 9.17) is 0 Å². The highest BCUT2D eigenvalue weighted by molar-refractivity contribution is 5.81. The molecule has 0 unspecified atom stereocenters. The molecule has 0 heterocycles. The average Bonchev–Trinajstić information content (AvgIpc) is 2.62. The van der Waals surface area contributed by atoms with Crippen molar-refractivity contribution in [2.75, 3.05) is 0 Å². The summed E-state index contributed by atoms with van der Waals surface area (Å²) >= 11 is 0. The fraction of sp³-hybridized carbons (Fsp3) is 0.379. The molecule has 0 aliphatic heterocycles. The lowest BCUT2D eigenvalue weighted by Gasteiger charge is -2.24. The second-order valence-electron chi connectivity index (χ2n) is 11.0. The summed E-state index contributed by atoms with van der Waals surface area (Å²) in [6.45, 7) is 18.9. The van der Waals surface area contributed by atoms with Crippen LogP contribution in [0.1, 0.15) is 69.4 Å². The van der Waals surface area contributed by atoms with E-state index in [2.05, 4.69) is 92.6 Å². The molecule has 0 saturated carbocycles. The molecule has 0 aromatic heterocycles. The van der Waals surface area contributed by atoms with Crippen molar-refractivity contribution in [2.45, 2.75) is 73.1 Å². The number of aromatic hydroxyl groups is 2. The number of hydrogen-bond donors (Lipinski definition) is 2. The van der Waals surface area contributed by atoms with Crippen LogP contribution in [0.5, 0.6) is 11.5 Å². The van der Waals surface area contributed by atoms with Gasteiger partial charge in [0.05, 0.1) is 0 Å². The fourth-order valence-electron chi connectivity index (χ4n) is 4.24. The number of benzene rings is 3. The Morgan fingerprint density at radius 3 is 1.13 bits per heavy atom. The monoisotopic (exact) mass is 416 g/mol. The molecule has 3 aromatic carbocycles. The normalized spacial score (nSPS) is 12.3. The summed E-state index contributed by atoms with van der Waals surface area (Å²) < 4.78 is 0. The van der Waals surface area contributed by atoms with Gasteiger partial charge in [0.2, 0.25) is 0 Å². The molecule has 2 N–H and O–H groups in total. The molecule has 0 bridgehead atoms. The van der Waals surface area contributed by atoms with Crippen molar-refractivity contribution < 1.29 is 10.2 Å². The highest BCUT2D eigenvalue weighted by Crippen LogP contribution is 2.43. The van der Waals surface area contributed by atoms with Crippen molar-refractivity contribution in [3.63, 3.8) is 0 Å². The lowest BCUT2D eigenvalue weighted by atomic mass is 9.82. The molecule has 0 saturated heterocycles. The highest BCUT2D eigenvalue weighted by atomic mass is 16.3. The quantitative estimate of drug-likeness (QED) is 0.445. The largest absolute Gasteiger partial charge is 0.507 e. The van der Waals surface area contributed by atoms with Gasteiger partial charge in [0.15, 0.2) is 0 Å². The van der Waals surface area contributed by atoms with Crippen LogP contribution in [0, 0.1) is 20.8 Å². The van der Waals surface area contributed by atoms with Crippen LogP contribution < -0.4 is 0 Å². The zero-order valence-electron chi connectivity index (χ0n) is 20.4. The van der Waals surface area contributed by atoms with Crippen molar-refractivity contribution in [3.05, 3.63) is 70.3 Å². The highest BCUT2D eigenvalue weighted by Gasteiger charge is 2.23. The summed E-state index contributed by atoms with van der Waals surface area (Å²) in [6.07, 6.45) is 0. The Morgan fingerprint density at radius 1 is 0.484 bits per heavy atom. The molecule has 0 spiro atoms. The van der Waals surface area contributed by atoms with Crippen LogP contribution in [0.2, 0.25) is 0 Å². The van der Waals surface area contributed by atoms with E-state index in [9.17, 15) is 10.2 Å². The molecule has 3 aromatic rings. The first-order valence-electron chi connectivity index (χ1n) is 11.0. The van der Waals surface area contributed by atoms with Gasteiger partial charge < -0.3 is 10.2 Å². The molecule has 0 fully saturated rings. The van der Waals surface area contributed by atoms with Crippen molar-refractivity contribution in [3.8, 4) is 33.8 Å². The van der Waals surface area contributed by atoms with Gasteiger partial charge in [-0.15, -0.1) is 0 Å². The first-order chi connectivity index (χ1) is 14.2. The number of phenols is 2. The Kier molecular flexibility index (Phi) is 5.73. The minimum absolute atomic E-state index is 0.159. The van der Waals surface area contributed by atoms with E-state index in [1.807, 2.05) is 12.1 Å². The second-order valence-corrected chi connectivity index (χ2v) is 11.0. The zero-order valence-corrected chi connectivity index (χ0v) is 20.4. The summed E-state index contributed by atoms with van der Waals surface area (Å²) in [4.78, 5) is 0. The van der Waals surface area contributed by atoms with Gasteiger partial charge in [0, 0.05) is 22.3 Å². The number of phenolic OH excluding ortho intramolecular Hbond substituents is 2. The van der Waals surface area contributed by atoms with Crippen LogP contribution in [-0.2, 0) is 10.8 Å². The van der Waals surface area contributed by atoms with E-state index in [1.54, 1.807) is 0 Å². The Bertz CT molecular complexity index is 1050. The van der Waals surface area contributed by atoms with Gasteiger partial charge in [0.25, 0.3) is 0 Å². The Balaban J connectivity index is 2.27. The molecule has 164 valence electrons. The molecular formula is C29H36O2. The maximum Gasteiger partial charge on any atom is 0.127 e. The van der Waals surface area contributed by atoms with Gasteiger partial charge in [-0.2, -0.15) is 0 Å². The third-order valence-electron chi connectivity index (χ3n) is 5.82. The standard InChI is InChI=1S/C29H36O2/c1-17-10-20(22-12-18(2)14-24(26(22)30)28(4,5)6)16-21(11-17)23-13-19(3)15-25(27(23)31)29(7,8)9/h10-16,30-31H,1-9H3. The van der Waals surface area contributed by atoms with E-state index in [0.29, 0.717) is 11.5 Å². The van der Waals surface area contributed by atoms with Crippen LogP contribution in [-0.4, -0.2) is 10.2 Å². The van der Waals surface area contributed by atoms with E-state index >= 15 is 0 Å². The topological polar surface area (TPSA) is 40.5 Å². The molecule has 3 rings (SSSR count). The van der Waals surface area contributed by atoms with Gasteiger partial charge in [0.1, 0.15) is 11.5 Å². The molecule has 0 aliphatic rings. The van der Waals surface area contributed by atoms with Crippen LogP contribution in [0.15, 0.2) is 42.5 Å². The number of rotatable bonds is 2. The Morgan fingerprint density at radius 2 is 0.806 bits per heavy atom. The maximum absolute atomic E-state index is 11.2. The minimum Gasteiger partial charge on any atom is -0.507 e. The number of hydrogen-bond acceptors (Lipinski definition) is 2. The lowest BCUT2D eigenvalue weighted by Crippen LogP contribution is -2.12. The van der Waals surface area contributed by atoms with Crippen LogP contribution in [0.25, 0.3) is 22.3 Å². The third kappa shape index (κ3) is 4.63. The fourth-order valence-corrected chi connectivity index (χ4v) is 4.24. The Hall–Kier alpha value is -2.74. The molecule has 0 atom stereocenters. The van der Waals surface area contributed by atoms with Crippen LogP contribution >= 0.6 is 0 Å². The summed E-state index contributed by atoms with van der Waals surface area (Å²) in [5.74, 6) is 0.664. The van der Waals surface area contributed by atoms with Gasteiger partial charge in [-0.25, -0.2) is 0 Å². The second kappa shape index (κ2) is 7.75. The van der Waals surface area contributed by atoms with Gasteiger partial charge in [-0.05, 0) is 77.6 Å². The van der Waals surface area contributed by atoms with E-state index in [-0.39, 0.29) is 10.8 Å². The predicted molar refractivity (Wildman–Crippen MR) is 132 cm³/mol. The summed E-state index contributed by atoms with van der Waals surface area (Å²) in [7, 11) is 0. The van der Waals surface area contributed by atoms with E-state index in [0.717, 1.165) is 50.1 Å². The van der Waals surface area contributed by atoms with Gasteiger partial charge in [-0.3, -0.25) is 0 Å². The first-order valence-corrected chi connectivity index (χ1v) is 11.0. The lowest BCUT2D eigenvalue weighted by molar-refractivity contribution is 0.448. The van der Waals surface area contributed by atoms with Crippen LogP contribution in [0.4, 0.5) is 0 Å². The van der Waals surface area contributed by atoms with Crippen molar-refractivity contribution in [1.29, 1.82) is 0 Å². The maximum atomic E-state index is 11.2. The summed E-state index contributed by atoms with van der Waals surface area (Å²) in [5.41, 5.74) is 8.48. The Labute approximate surface area is 187 Å². The van der Waals surface area contributed by atoms with E-state index < -0.39 is 0 Å². The molecule has 31 heavy (non-hydrogen) atoms. The van der Waals surface area contributed by atoms with Crippen molar-refractivity contribution >= 4 is 0 Å². The number of aryl methyl sites for hydroxylation is 3. The molecule has 0 amide bonds. The molecular weight excluding hydrogens is 380 g/mol. The molecule has 2 heteroatoms. The van der Waals surface area contributed by atoms with Gasteiger partial charge >= 0.3 is 0 Å². The van der Waals surface area contributed by atoms with Gasteiger partial charge in [-0.1, -0.05) is 65.8 Å². The summed E-state index contributed by atoms with van der Waals surface area (Å²) in [5, 5.41) is 22.3. The first kappa shape index (κ1) is 22.9. The molecule has 2 nitrogen and oxygen atoms in total. The predicted octanol–water partition coefficient (Wildman–Crippen LogP) is 7.95. The van der Waals surface area contributed by atoms with Crippen LogP contribution in [0.3, 0.4) is 0 Å². The SMILES string of the molecule is Cc1cc(-c2cc(C)cc(C(C)(C)C)c2O)cc(-c2cc(C)cc(C(C)(C)C)c2O)c1. The average molecular weight is 417 g/mol. The molecule has 0 radical (unpaired) electrons. The minimum atomic E-state index is -0.159. The smallest absolute Gasteiger partial charge is 0.127 e.